The molecule has 460 valence electrons. The Morgan fingerprint density at radius 3 is 1.17 bits per heavy atom. The summed E-state index contributed by atoms with van der Waals surface area (Å²) >= 11 is 89.5. The Morgan fingerprint density at radius 2 is 0.880 bits per heavy atom. The predicted octanol–water partition coefficient (Wildman–Crippen LogP) is 21.0. The van der Waals surface area contributed by atoms with E-state index in [1.165, 1.54) is 17.0 Å². The van der Waals surface area contributed by atoms with Crippen molar-refractivity contribution in [2.75, 3.05) is 42.3 Å². The van der Waals surface area contributed by atoms with E-state index in [0.29, 0.717) is 92.7 Å². The quantitative estimate of drug-likeness (QED) is 0.0325. The zero-order chi connectivity index (χ0) is 63.5. The molecule has 0 saturated carbocycles. The Bertz CT molecular complexity index is 2730. The molecule has 0 aliphatic heterocycles. The van der Waals surface area contributed by atoms with Crippen LogP contribution in [0.3, 0.4) is 0 Å². The maximum Gasteiger partial charge on any atom is 0.286 e. The van der Waals surface area contributed by atoms with Crippen molar-refractivity contribution in [3.05, 3.63) is 161 Å². The molecule has 1 aromatic heterocycles. The molecule has 0 unspecified atom stereocenters. The first-order valence-corrected chi connectivity index (χ1v) is 30.6. The SMILES string of the molecule is C.CC(C)c1cc(Cl)nnc1Cl.CCc1cc(Cl)c(O)c(Cl)c1.CCc1cc(Cl)c(OC(=S)N(C)C)c(Cl)c1.CCc1cc(Cl)c(SC(=O)N(C)C)c(Cl)c1.CN(C)C(=S)Cl.OCc1cc(Cl)c(O)c(Cl)c1.OCc1cc(Cl)c(S)c(Cl)c1. The largest absolute Gasteiger partial charge is 0.505 e. The van der Waals surface area contributed by atoms with Gasteiger partial charge in [-0.2, -0.15) is 0 Å². The number of aliphatic hydroxyl groups is 2. The number of aryl methyl sites for hydroxylation is 3. The fourth-order valence-corrected chi connectivity index (χ4v) is 9.52. The van der Waals surface area contributed by atoms with Crippen LogP contribution < -0.4 is 4.74 Å². The average Bonchev–Trinajstić information content (AvgIpc) is 3.41. The molecular formula is C55H64Cl13N5O6S4. The van der Waals surface area contributed by atoms with Gasteiger partial charge in [0.25, 0.3) is 10.4 Å². The van der Waals surface area contributed by atoms with Crippen LogP contribution >= 0.6 is 200 Å². The molecule has 0 fully saturated rings. The highest BCUT2D eigenvalue weighted by molar-refractivity contribution is 8.13. The Hall–Kier alpha value is -1.78. The second-order valence-corrected chi connectivity index (χ2v) is 24.7. The van der Waals surface area contributed by atoms with Gasteiger partial charge in [-0.05, 0) is 161 Å². The Labute approximate surface area is 573 Å². The predicted molar refractivity (Wildman–Crippen MR) is 370 cm³/mol. The Morgan fingerprint density at radius 1 is 0.554 bits per heavy atom. The first-order valence-electron chi connectivity index (χ1n) is 23.6. The summed E-state index contributed by atoms with van der Waals surface area (Å²) in [6.07, 6.45) is 2.60. The van der Waals surface area contributed by atoms with Crippen molar-refractivity contribution in [3.63, 3.8) is 0 Å². The third-order valence-corrected chi connectivity index (χ3v) is 16.5. The molecule has 6 rings (SSSR count). The number of aromatic nitrogens is 2. The number of aliphatic hydroxyl groups excluding tert-OH is 2. The summed E-state index contributed by atoms with van der Waals surface area (Å²) in [4.78, 5) is 17.5. The van der Waals surface area contributed by atoms with E-state index >= 15 is 0 Å². The van der Waals surface area contributed by atoms with E-state index in [-0.39, 0.29) is 47.4 Å². The van der Waals surface area contributed by atoms with E-state index in [2.05, 4.69) is 35.0 Å². The molecule has 0 radical (unpaired) electrons. The number of thiocarbonyl (C=S) groups is 2. The summed E-state index contributed by atoms with van der Waals surface area (Å²) < 4.78 is 5.83. The number of carbonyl (C=O) groups is 1. The number of halogens is 13. The van der Waals surface area contributed by atoms with Crippen LogP contribution in [0.25, 0.3) is 0 Å². The maximum atomic E-state index is 11.5. The molecule has 11 nitrogen and oxygen atoms in total. The van der Waals surface area contributed by atoms with Crippen LogP contribution in [0, 0.1) is 0 Å². The third-order valence-electron chi connectivity index (χ3n) is 9.76. The van der Waals surface area contributed by atoms with Gasteiger partial charge in [-0.15, -0.1) is 22.8 Å². The fraction of sp³-hybridized carbons (Fsp3) is 0.327. The lowest BCUT2D eigenvalue weighted by Gasteiger charge is -2.16. The zero-order valence-corrected chi connectivity index (χ0v) is 59.1. The van der Waals surface area contributed by atoms with Gasteiger partial charge in [0.1, 0.15) is 0 Å². The molecule has 28 heteroatoms. The molecule has 0 atom stereocenters. The number of ether oxygens (including phenoxy) is 1. The van der Waals surface area contributed by atoms with Crippen molar-refractivity contribution >= 4 is 215 Å². The summed E-state index contributed by atoms with van der Waals surface area (Å²) in [7, 11) is 10.6. The van der Waals surface area contributed by atoms with E-state index in [9.17, 15) is 4.79 Å². The van der Waals surface area contributed by atoms with Crippen molar-refractivity contribution < 1.29 is 30.0 Å². The van der Waals surface area contributed by atoms with Gasteiger partial charge < -0.3 is 39.9 Å². The number of thiol groups is 1. The number of aromatic hydroxyl groups is 2. The topological polar surface area (TPSA) is 143 Å². The molecule has 83 heavy (non-hydrogen) atoms. The number of phenols is 2. The summed E-state index contributed by atoms with van der Waals surface area (Å²) in [5.74, 6) is 0.561. The summed E-state index contributed by atoms with van der Waals surface area (Å²) in [5.41, 5.74) is 5.37. The van der Waals surface area contributed by atoms with Crippen molar-refractivity contribution in [1.82, 2.24) is 24.9 Å². The second kappa shape index (κ2) is 43.0. The van der Waals surface area contributed by atoms with Crippen LogP contribution in [0.5, 0.6) is 17.2 Å². The van der Waals surface area contributed by atoms with E-state index in [1.54, 1.807) is 82.4 Å². The lowest BCUT2D eigenvalue weighted by atomic mass is 10.1. The van der Waals surface area contributed by atoms with E-state index in [4.69, 9.17) is 188 Å². The number of carbonyl (C=O) groups excluding carboxylic acids is 1. The molecule has 0 bridgehead atoms. The third kappa shape index (κ3) is 31.3. The van der Waals surface area contributed by atoms with Gasteiger partial charge in [-0.3, -0.25) is 4.79 Å². The second-order valence-electron chi connectivity index (χ2n) is 17.1. The standard InChI is InChI=1S/2C11H13Cl2NOS.C8H8Cl2O.C7H8Cl2N2.C7H6Cl2O2.C7H6Cl2OS.C3H6ClNS.CH4/c1-4-7-5-8(12)10(9(13)6-7)16-11(15)14(2)3;1-4-7-5-8(12)10(9(13)6-7)15-11(16)14(2)3;1-2-5-3-6(9)8(11)7(10)4-5;1-4(2)5-3-6(8)10-11-7(5)9;2*8-5-1-4(3-10)2-6(9)7(5)11;1-5(2)3(4)6;/h2*5-6H,4H2,1-3H3;3-4,11H,2H2,1H3;3-4H,1-2H3;2*1-2,10-11H,3H2;1-2H3;1H4. The lowest BCUT2D eigenvalue weighted by Crippen LogP contribution is -2.25. The van der Waals surface area contributed by atoms with Crippen molar-refractivity contribution in [2.45, 2.75) is 90.2 Å². The molecule has 6 aromatic rings. The number of phenolic OH excluding ortho intramolecular Hbond substituents is 2. The van der Waals surface area contributed by atoms with E-state index in [0.717, 1.165) is 53.3 Å². The molecule has 0 saturated heterocycles. The van der Waals surface area contributed by atoms with Gasteiger partial charge in [0.2, 0.25) is 0 Å². The van der Waals surface area contributed by atoms with E-state index < -0.39 is 0 Å². The number of amides is 1. The first kappa shape index (κ1) is 83.3. The molecule has 1 heterocycles. The number of thioether (sulfide) groups is 1. The molecule has 0 spiro atoms. The van der Waals surface area contributed by atoms with Crippen LogP contribution in [0.4, 0.5) is 4.79 Å². The molecular weight excluding hydrogens is 1420 g/mol. The van der Waals surface area contributed by atoms with Gasteiger partial charge in [-0.1, -0.05) is 193 Å². The number of nitrogens with zero attached hydrogens (tertiary/aromatic N) is 5. The van der Waals surface area contributed by atoms with Crippen LogP contribution in [0.15, 0.2) is 76.5 Å². The highest BCUT2D eigenvalue weighted by Gasteiger charge is 2.16. The molecule has 0 aliphatic carbocycles. The number of benzene rings is 5. The minimum absolute atomic E-state index is 0. The summed E-state index contributed by atoms with van der Waals surface area (Å²) in [5, 5.41) is 47.9. The monoisotopic (exact) mass is 1470 g/mol. The molecule has 0 aliphatic rings. The van der Waals surface area contributed by atoms with Gasteiger partial charge >= 0.3 is 0 Å². The van der Waals surface area contributed by atoms with Crippen LogP contribution in [0.2, 0.25) is 60.5 Å². The maximum absolute atomic E-state index is 11.5. The Kier molecular flexibility index (Phi) is 43.1. The van der Waals surface area contributed by atoms with Gasteiger partial charge in [0.15, 0.2) is 32.0 Å². The summed E-state index contributed by atoms with van der Waals surface area (Å²) in [6, 6.07) is 18.7. The highest BCUT2D eigenvalue weighted by atomic mass is 35.5. The normalized spacial score (nSPS) is 9.93. The van der Waals surface area contributed by atoms with Gasteiger partial charge in [-0.25, -0.2) is 0 Å². The molecule has 4 N–H and O–H groups in total. The minimum atomic E-state index is -0.148. The van der Waals surface area contributed by atoms with Crippen LogP contribution in [-0.2, 0) is 32.5 Å². The van der Waals surface area contributed by atoms with Crippen molar-refractivity contribution in [1.29, 1.82) is 0 Å². The lowest BCUT2D eigenvalue weighted by molar-refractivity contribution is 0.241. The molecule has 5 aromatic carbocycles. The number of hydrogen-bond donors (Lipinski definition) is 5. The zero-order valence-electron chi connectivity index (χ0n) is 45.9. The highest BCUT2D eigenvalue weighted by Crippen LogP contribution is 2.38. The Balaban J connectivity index is 0. The van der Waals surface area contributed by atoms with Crippen molar-refractivity contribution in [3.8, 4) is 17.2 Å². The van der Waals surface area contributed by atoms with Crippen LogP contribution in [0.1, 0.15) is 81.3 Å². The smallest absolute Gasteiger partial charge is 0.286 e. The van der Waals surface area contributed by atoms with Gasteiger partial charge in [0, 0.05) is 47.2 Å². The van der Waals surface area contributed by atoms with Gasteiger partial charge in [0.05, 0.1) is 68.3 Å². The number of rotatable bonds is 8. The van der Waals surface area contributed by atoms with Crippen molar-refractivity contribution in [2.24, 2.45) is 0 Å². The molecule has 1 amide bonds. The van der Waals surface area contributed by atoms with Crippen LogP contribution in [-0.4, -0.2) is 102 Å². The number of hydrogen-bond acceptors (Lipinski definition) is 12. The van der Waals surface area contributed by atoms with E-state index in [1.807, 2.05) is 58.9 Å². The average molecular weight is 1480 g/mol. The minimum Gasteiger partial charge on any atom is -0.505 e. The summed E-state index contributed by atoms with van der Waals surface area (Å²) in [6.45, 7) is 9.91. The first-order chi connectivity index (χ1) is 38.1. The fourth-order valence-electron chi connectivity index (χ4n) is 5.20.